The van der Waals surface area contributed by atoms with E-state index in [1.54, 1.807) is 30.5 Å². The topological polar surface area (TPSA) is 90.0 Å². The van der Waals surface area contributed by atoms with Crippen LogP contribution in [-0.2, 0) is 16.6 Å². The molecule has 1 aromatic heterocycles. The van der Waals surface area contributed by atoms with Crippen molar-refractivity contribution >= 4 is 21.4 Å². The van der Waals surface area contributed by atoms with Gasteiger partial charge < -0.3 is 10.3 Å². The van der Waals surface area contributed by atoms with Gasteiger partial charge in [-0.3, -0.25) is 4.72 Å². The molecule has 0 saturated heterocycles. The van der Waals surface area contributed by atoms with E-state index in [0.29, 0.717) is 29.3 Å². The van der Waals surface area contributed by atoms with Crippen LogP contribution in [0, 0.1) is 20.8 Å². The molecule has 0 bridgehead atoms. The summed E-state index contributed by atoms with van der Waals surface area (Å²) in [5, 5.41) is 0.0143. The molecular formula is C14H20N4O2S. The summed E-state index contributed by atoms with van der Waals surface area (Å²) in [6.45, 7) is 8.05. The molecule has 0 aliphatic carbocycles. The Bertz CT molecular complexity index is 779. The van der Waals surface area contributed by atoms with Gasteiger partial charge in [-0.25, -0.2) is 4.98 Å². The number of imidazole rings is 1. The molecule has 0 spiro atoms. The third-order valence-electron chi connectivity index (χ3n) is 3.55. The highest BCUT2D eigenvalue weighted by Gasteiger charge is 2.20. The number of anilines is 2. The predicted octanol–water partition coefficient (Wildman–Crippen LogP) is 2.21. The van der Waals surface area contributed by atoms with Gasteiger partial charge in [-0.2, -0.15) is 8.42 Å². The molecule has 1 aromatic carbocycles. The molecule has 2 rings (SSSR count). The van der Waals surface area contributed by atoms with Gasteiger partial charge in [-0.05, 0) is 44.9 Å². The first-order valence-electron chi connectivity index (χ1n) is 6.68. The van der Waals surface area contributed by atoms with Gasteiger partial charge in [0.1, 0.15) is 5.82 Å². The van der Waals surface area contributed by atoms with Crippen LogP contribution in [0.2, 0.25) is 0 Å². The summed E-state index contributed by atoms with van der Waals surface area (Å²) in [4.78, 5) is 4.10. The number of nitrogens with two attached hydrogens (primary N) is 1. The molecule has 7 heteroatoms. The normalized spacial score (nSPS) is 11.6. The summed E-state index contributed by atoms with van der Waals surface area (Å²) in [6.07, 6.45) is 1.53. The summed E-state index contributed by atoms with van der Waals surface area (Å²) >= 11 is 0. The first-order chi connectivity index (χ1) is 9.76. The molecule has 0 saturated carbocycles. The van der Waals surface area contributed by atoms with Crippen LogP contribution in [-0.4, -0.2) is 18.0 Å². The SMILES string of the molecule is CCn1cc(S(=O)(=O)Nc2ccc(C)c(N)c2C)nc1C. The zero-order valence-corrected chi connectivity index (χ0v) is 13.5. The number of aromatic nitrogens is 2. The molecule has 2 aromatic rings. The number of benzene rings is 1. The molecule has 0 fully saturated rings. The first-order valence-corrected chi connectivity index (χ1v) is 8.17. The quantitative estimate of drug-likeness (QED) is 0.847. The Labute approximate surface area is 125 Å². The van der Waals surface area contributed by atoms with Crippen molar-refractivity contribution in [2.45, 2.75) is 39.3 Å². The minimum Gasteiger partial charge on any atom is -0.398 e. The summed E-state index contributed by atoms with van der Waals surface area (Å²) in [5.74, 6) is 0.665. The van der Waals surface area contributed by atoms with Crippen LogP contribution in [0.3, 0.4) is 0 Å². The number of nitrogens with one attached hydrogen (secondary N) is 1. The smallest absolute Gasteiger partial charge is 0.280 e. The van der Waals surface area contributed by atoms with Gasteiger partial charge in [-0.1, -0.05) is 6.07 Å². The van der Waals surface area contributed by atoms with Gasteiger partial charge in [0.25, 0.3) is 10.0 Å². The molecule has 3 N–H and O–H groups in total. The highest BCUT2D eigenvalue weighted by Crippen LogP contribution is 2.26. The molecule has 21 heavy (non-hydrogen) atoms. The van der Waals surface area contributed by atoms with Crippen molar-refractivity contribution in [2.75, 3.05) is 10.5 Å². The second-order valence-corrected chi connectivity index (χ2v) is 6.62. The Morgan fingerprint density at radius 2 is 1.95 bits per heavy atom. The summed E-state index contributed by atoms with van der Waals surface area (Å²) in [7, 11) is -3.71. The predicted molar refractivity (Wildman–Crippen MR) is 83.8 cm³/mol. The number of hydrogen-bond acceptors (Lipinski definition) is 4. The van der Waals surface area contributed by atoms with Crippen LogP contribution in [0.4, 0.5) is 11.4 Å². The van der Waals surface area contributed by atoms with E-state index in [2.05, 4.69) is 9.71 Å². The minimum atomic E-state index is -3.71. The maximum absolute atomic E-state index is 12.4. The number of nitrogen functional groups attached to an aromatic ring is 1. The maximum atomic E-state index is 12.4. The summed E-state index contributed by atoms with van der Waals surface area (Å²) < 4.78 is 29.1. The van der Waals surface area contributed by atoms with E-state index >= 15 is 0 Å². The van der Waals surface area contributed by atoms with Crippen LogP contribution in [0.5, 0.6) is 0 Å². The molecule has 0 amide bonds. The lowest BCUT2D eigenvalue weighted by Gasteiger charge is -2.12. The van der Waals surface area contributed by atoms with Crippen molar-refractivity contribution in [3.8, 4) is 0 Å². The van der Waals surface area contributed by atoms with Crippen molar-refractivity contribution in [1.82, 2.24) is 9.55 Å². The lowest BCUT2D eigenvalue weighted by atomic mass is 10.1. The third kappa shape index (κ3) is 2.87. The molecule has 0 atom stereocenters. The van der Waals surface area contributed by atoms with Gasteiger partial charge in [-0.15, -0.1) is 0 Å². The maximum Gasteiger partial charge on any atom is 0.280 e. The monoisotopic (exact) mass is 308 g/mol. The average molecular weight is 308 g/mol. The van der Waals surface area contributed by atoms with Crippen LogP contribution < -0.4 is 10.5 Å². The molecule has 6 nitrogen and oxygen atoms in total. The molecule has 0 aliphatic rings. The summed E-state index contributed by atoms with van der Waals surface area (Å²) in [6, 6.07) is 3.50. The highest BCUT2D eigenvalue weighted by atomic mass is 32.2. The zero-order valence-electron chi connectivity index (χ0n) is 12.6. The molecule has 114 valence electrons. The van der Waals surface area contributed by atoms with Gasteiger partial charge in [0.2, 0.25) is 0 Å². The van der Waals surface area contributed by atoms with Gasteiger partial charge >= 0.3 is 0 Å². The fourth-order valence-electron chi connectivity index (χ4n) is 2.10. The minimum absolute atomic E-state index is 0.0143. The third-order valence-corrected chi connectivity index (χ3v) is 4.78. The van der Waals surface area contributed by atoms with Crippen LogP contribution in [0.15, 0.2) is 23.4 Å². The van der Waals surface area contributed by atoms with Crippen molar-refractivity contribution in [3.63, 3.8) is 0 Å². The summed E-state index contributed by atoms with van der Waals surface area (Å²) in [5.41, 5.74) is 8.63. The van der Waals surface area contributed by atoms with Crippen molar-refractivity contribution < 1.29 is 8.42 Å². The second kappa shape index (κ2) is 5.40. The van der Waals surface area contributed by atoms with E-state index in [4.69, 9.17) is 5.73 Å². The van der Waals surface area contributed by atoms with E-state index in [0.717, 1.165) is 5.56 Å². The Morgan fingerprint density at radius 3 is 2.52 bits per heavy atom. The van der Waals surface area contributed by atoms with E-state index in [1.165, 1.54) is 6.20 Å². The largest absolute Gasteiger partial charge is 0.398 e. The van der Waals surface area contributed by atoms with E-state index in [9.17, 15) is 8.42 Å². The standard InChI is InChI=1S/C14H20N4O2S/c1-5-18-8-13(16-11(18)4)21(19,20)17-12-7-6-9(2)14(15)10(12)3/h6-8,17H,5,15H2,1-4H3. The Balaban J connectivity index is 2.40. The molecule has 0 aliphatic heterocycles. The first kappa shape index (κ1) is 15.4. The van der Waals surface area contributed by atoms with Crippen LogP contribution >= 0.6 is 0 Å². The van der Waals surface area contributed by atoms with Gasteiger partial charge in [0.05, 0.1) is 5.69 Å². The molecule has 0 unspecified atom stereocenters. The van der Waals surface area contributed by atoms with Crippen LogP contribution in [0.1, 0.15) is 23.9 Å². The van der Waals surface area contributed by atoms with E-state index < -0.39 is 10.0 Å². The van der Waals surface area contributed by atoms with Crippen molar-refractivity contribution in [3.05, 3.63) is 35.3 Å². The van der Waals surface area contributed by atoms with Crippen molar-refractivity contribution in [1.29, 1.82) is 0 Å². The fraction of sp³-hybridized carbons (Fsp3) is 0.357. The van der Waals surface area contributed by atoms with E-state index in [1.807, 2.05) is 13.8 Å². The lowest BCUT2D eigenvalue weighted by molar-refractivity contribution is 0.598. The Kier molecular flexibility index (Phi) is 3.95. The molecule has 0 radical (unpaired) electrons. The highest BCUT2D eigenvalue weighted by molar-refractivity contribution is 7.92. The van der Waals surface area contributed by atoms with Gasteiger partial charge in [0, 0.05) is 18.4 Å². The second-order valence-electron chi connectivity index (χ2n) is 4.99. The number of aryl methyl sites for hydroxylation is 3. The molecular weight excluding hydrogens is 288 g/mol. The average Bonchev–Trinajstić information content (AvgIpc) is 2.81. The van der Waals surface area contributed by atoms with Crippen molar-refractivity contribution in [2.24, 2.45) is 0 Å². The number of nitrogens with zero attached hydrogens (tertiary/aromatic N) is 2. The fourth-order valence-corrected chi connectivity index (χ4v) is 3.23. The van der Waals surface area contributed by atoms with Crippen LogP contribution in [0.25, 0.3) is 0 Å². The number of rotatable bonds is 4. The lowest BCUT2D eigenvalue weighted by Crippen LogP contribution is -2.15. The number of sulfonamides is 1. The Morgan fingerprint density at radius 1 is 1.29 bits per heavy atom. The number of hydrogen-bond donors (Lipinski definition) is 2. The zero-order chi connectivity index (χ0) is 15.8. The van der Waals surface area contributed by atoms with Gasteiger partial charge in [0.15, 0.2) is 5.03 Å². The molecule has 1 heterocycles. The Hall–Kier alpha value is -2.02. The van der Waals surface area contributed by atoms with E-state index in [-0.39, 0.29) is 5.03 Å².